The molecule has 108 valence electrons. The molecule has 2 aromatic rings. The van der Waals surface area contributed by atoms with E-state index < -0.39 is 22.4 Å². The SMILES string of the molecule is O=c1cc(CO)occ1O.O=c1cc(CO)occ1O.[Mo+6]. The minimum atomic E-state index is -0.546. The van der Waals surface area contributed by atoms with Gasteiger partial charge in [0.15, 0.2) is 11.5 Å². The number of aromatic hydroxyl groups is 2. The van der Waals surface area contributed by atoms with Crippen molar-refractivity contribution in [1.82, 2.24) is 0 Å². The molecule has 0 aliphatic rings. The molecule has 0 aromatic carbocycles. The Balaban J connectivity index is 0.000000364. The molecule has 2 aromatic heterocycles. The predicted molar refractivity (Wildman–Crippen MR) is 65.1 cm³/mol. The molecule has 0 bridgehead atoms. The third-order valence-electron chi connectivity index (χ3n) is 2.04. The molecule has 21 heavy (non-hydrogen) atoms. The zero-order valence-corrected chi connectivity index (χ0v) is 12.6. The van der Waals surface area contributed by atoms with Crippen LogP contribution in [0.5, 0.6) is 11.5 Å². The molecule has 0 aliphatic heterocycles. The van der Waals surface area contributed by atoms with Crippen molar-refractivity contribution in [2.75, 3.05) is 0 Å². The fourth-order valence-corrected chi connectivity index (χ4v) is 1.05. The van der Waals surface area contributed by atoms with Gasteiger partial charge in [-0.1, -0.05) is 0 Å². The van der Waals surface area contributed by atoms with Crippen LogP contribution in [-0.2, 0) is 34.3 Å². The van der Waals surface area contributed by atoms with Gasteiger partial charge in [-0.05, 0) is 0 Å². The van der Waals surface area contributed by atoms with Gasteiger partial charge in [-0.25, -0.2) is 0 Å². The summed E-state index contributed by atoms with van der Waals surface area (Å²) in [6.45, 7) is -0.676. The summed E-state index contributed by atoms with van der Waals surface area (Å²) in [4.78, 5) is 21.2. The Bertz CT molecular complexity index is 616. The monoisotopic (exact) mass is 382 g/mol. The molecular weight excluding hydrogens is 368 g/mol. The molecule has 0 fully saturated rings. The summed E-state index contributed by atoms with van der Waals surface area (Å²) in [5.74, 6) is -0.611. The molecule has 2 heterocycles. The van der Waals surface area contributed by atoms with Crippen LogP contribution in [0.25, 0.3) is 0 Å². The molecular formula is C12H12MoO8+6. The summed E-state index contributed by atoms with van der Waals surface area (Å²) in [7, 11) is 0. The quantitative estimate of drug-likeness (QED) is 0.519. The van der Waals surface area contributed by atoms with Crippen molar-refractivity contribution >= 4 is 0 Å². The Morgan fingerprint density at radius 2 is 1.14 bits per heavy atom. The smallest absolute Gasteiger partial charge is 0.502 e. The Morgan fingerprint density at radius 1 is 0.810 bits per heavy atom. The van der Waals surface area contributed by atoms with Gasteiger partial charge < -0.3 is 29.3 Å². The standard InChI is InChI=1S/2C6H6O4.Mo/c2*7-2-4-1-5(8)6(9)3-10-4;/h2*1,3,7,9H,2H2;/q;;+6. The molecule has 0 amide bonds. The summed E-state index contributed by atoms with van der Waals surface area (Å²) in [5, 5.41) is 34.2. The summed E-state index contributed by atoms with van der Waals surface area (Å²) >= 11 is 0. The molecule has 0 atom stereocenters. The van der Waals surface area contributed by atoms with Crippen molar-refractivity contribution in [1.29, 1.82) is 0 Å². The first-order valence-corrected chi connectivity index (χ1v) is 5.31. The van der Waals surface area contributed by atoms with Crippen LogP contribution in [0.1, 0.15) is 11.5 Å². The second kappa shape index (κ2) is 9.12. The minimum Gasteiger partial charge on any atom is -0.502 e. The van der Waals surface area contributed by atoms with E-state index in [4.69, 9.17) is 20.4 Å². The van der Waals surface area contributed by atoms with Gasteiger partial charge in [-0.3, -0.25) is 9.59 Å². The third kappa shape index (κ3) is 5.95. The fraction of sp³-hybridized carbons (Fsp3) is 0.167. The molecule has 0 spiro atoms. The molecule has 8 nitrogen and oxygen atoms in total. The van der Waals surface area contributed by atoms with Crippen LogP contribution in [0, 0.1) is 0 Å². The van der Waals surface area contributed by atoms with Gasteiger partial charge in [0.05, 0.1) is 0 Å². The number of hydrogen-bond acceptors (Lipinski definition) is 8. The number of aliphatic hydroxyl groups excluding tert-OH is 2. The third-order valence-corrected chi connectivity index (χ3v) is 2.04. The topological polar surface area (TPSA) is 141 Å². The number of rotatable bonds is 2. The molecule has 4 N–H and O–H groups in total. The van der Waals surface area contributed by atoms with Gasteiger partial charge in [-0.15, -0.1) is 0 Å². The van der Waals surface area contributed by atoms with E-state index in [0.717, 1.165) is 24.7 Å². The Kier molecular flexibility index (Phi) is 8.30. The zero-order chi connectivity index (χ0) is 15.1. The maximum absolute atomic E-state index is 10.6. The molecule has 0 saturated carbocycles. The van der Waals surface area contributed by atoms with E-state index in [0.29, 0.717) is 0 Å². The van der Waals surface area contributed by atoms with Crippen LogP contribution in [0.4, 0.5) is 0 Å². The normalized spacial score (nSPS) is 9.24. The van der Waals surface area contributed by atoms with Gasteiger partial charge in [-0.2, -0.15) is 0 Å². The average Bonchev–Trinajstić information content (AvgIpc) is 2.45. The zero-order valence-electron chi connectivity index (χ0n) is 10.6. The van der Waals surface area contributed by atoms with Gasteiger partial charge in [0.2, 0.25) is 10.9 Å². The van der Waals surface area contributed by atoms with E-state index in [-0.39, 0.29) is 45.8 Å². The maximum atomic E-state index is 10.6. The van der Waals surface area contributed by atoms with Crippen molar-refractivity contribution in [3.05, 3.63) is 56.6 Å². The fourth-order valence-electron chi connectivity index (χ4n) is 1.05. The number of hydrogen-bond donors (Lipinski definition) is 4. The molecule has 0 saturated heterocycles. The van der Waals surface area contributed by atoms with Crippen molar-refractivity contribution in [3.8, 4) is 11.5 Å². The molecule has 0 radical (unpaired) electrons. The summed E-state index contributed by atoms with van der Waals surface area (Å²) < 4.78 is 9.18. The minimum absolute atomic E-state index is 0. The van der Waals surface area contributed by atoms with E-state index in [1.165, 1.54) is 0 Å². The molecule has 0 unspecified atom stereocenters. The predicted octanol–water partition coefficient (Wildman–Crippen LogP) is -0.327. The van der Waals surface area contributed by atoms with Crippen molar-refractivity contribution in [3.63, 3.8) is 0 Å². The van der Waals surface area contributed by atoms with E-state index in [2.05, 4.69) is 8.83 Å². The molecule has 2 rings (SSSR count). The largest absolute Gasteiger partial charge is 6.00 e. The van der Waals surface area contributed by atoms with Gasteiger partial charge in [0.1, 0.15) is 37.3 Å². The Hall–Kier alpha value is -1.89. The summed E-state index contributed by atoms with van der Waals surface area (Å²) in [5.41, 5.74) is -1.09. The van der Waals surface area contributed by atoms with Crippen LogP contribution in [0.2, 0.25) is 0 Å². The maximum Gasteiger partial charge on any atom is 6.00 e. The first kappa shape index (κ1) is 19.1. The van der Waals surface area contributed by atoms with Gasteiger partial charge in [0.25, 0.3) is 0 Å². The number of aliphatic hydroxyl groups is 2. The van der Waals surface area contributed by atoms with Crippen LogP contribution in [0.3, 0.4) is 0 Å². The second-order valence-corrected chi connectivity index (χ2v) is 3.51. The first-order chi connectivity index (χ1) is 9.47. The summed E-state index contributed by atoms with van der Waals surface area (Å²) in [6.07, 6.45) is 1.79. The van der Waals surface area contributed by atoms with Crippen molar-refractivity contribution in [2.45, 2.75) is 13.2 Å². The van der Waals surface area contributed by atoms with Gasteiger partial charge >= 0.3 is 21.1 Å². The first-order valence-electron chi connectivity index (χ1n) is 5.31. The van der Waals surface area contributed by atoms with Crippen LogP contribution >= 0.6 is 0 Å². The average molecular weight is 380 g/mol. The van der Waals surface area contributed by atoms with E-state index in [9.17, 15) is 9.59 Å². The second-order valence-electron chi connectivity index (χ2n) is 3.51. The van der Waals surface area contributed by atoms with Gasteiger partial charge in [0, 0.05) is 12.1 Å². The van der Waals surface area contributed by atoms with Crippen molar-refractivity contribution < 1.29 is 50.3 Å². The molecule has 9 heteroatoms. The van der Waals surface area contributed by atoms with E-state index in [1.807, 2.05) is 0 Å². The van der Waals surface area contributed by atoms with Crippen molar-refractivity contribution in [2.24, 2.45) is 0 Å². The van der Waals surface area contributed by atoms with Crippen LogP contribution in [-0.4, -0.2) is 20.4 Å². The Labute approximate surface area is 132 Å². The van der Waals surface area contributed by atoms with Crippen LogP contribution in [0.15, 0.2) is 43.1 Å². The van der Waals surface area contributed by atoms with E-state index >= 15 is 0 Å². The van der Waals surface area contributed by atoms with E-state index in [1.54, 1.807) is 0 Å². The van der Waals surface area contributed by atoms with Crippen LogP contribution < -0.4 is 10.9 Å². The Morgan fingerprint density at radius 3 is 1.38 bits per heavy atom. The summed E-state index contributed by atoms with van der Waals surface area (Å²) in [6, 6.07) is 2.07. The molecule has 0 aliphatic carbocycles.